The predicted octanol–water partition coefficient (Wildman–Crippen LogP) is 3.88. The first-order valence-corrected chi connectivity index (χ1v) is 10.3. The van der Waals surface area contributed by atoms with E-state index in [1.165, 1.54) is 6.07 Å². The maximum absolute atomic E-state index is 13.9. The van der Waals surface area contributed by atoms with Gasteiger partial charge in [0.15, 0.2) is 5.96 Å². The van der Waals surface area contributed by atoms with Crippen LogP contribution in [-0.4, -0.2) is 46.6 Å². The third-order valence-corrected chi connectivity index (χ3v) is 5.60. The van der Waals surface area contributed by atoms with Crippen LogP contribution >= 0.6 is 15.9 Å². The first kappa shape index (κ1) is 19.9. The van der Waals surface area contributed by atoms with E-state index in [0.29, 0.717) is 30.5 Å². The van der Waals surface area contributed by atoms with Crippen molar-refractivity contribution in [1.29, 1.82) is 0 Å². The molecule has 0 bridgehead atoms. The summed E-state index contributed by atoms with van der Waals surface area (Å²) in [5.74, 6) is 1.32. The Morgan fingerprint density at radius 1 is 1.44 bits per heavy atom. The largest absolute Gasteiger partial charge is 0.357 e. The second kappa shape index (κ2) is 9.35. The molecule has 7 heteroatoms. The fraction of sp³-hybridized carbons (Fsp3) is 0.500. The van der Waals surface area contributed by atoms with Gasteiger partial charge in [-0.25, -0.2) is 9.37 Å². The van der Waals surface area contributed by atoms with Gasteiger partial charge >= 0.3 is 0 Å². The molecule has 2 unspecified atom stereocenters. The SMILES string of the molecule is CCNC(=NCCc1cc(Br)ccc1F)N1CCC(C)C(n2ccnc2)C1. The summed E-state index contributed by atoms with van der Waals surface area (Å²) in [7, 11) is 0. The zero-order chi connectivity index (χ0) is 19.2. The Morgan fingerprint density at radius 2 is 2.30 bits per heavy atom. The first-order valence-electron chi connectivity index (χ1n) is 9.53. The average molecular weight is 436 g/mol. The molecule has 0 amide bonds. The van der Waals surface area contributed by atoms with E-state index in [-0.39, 0.29) is 5.82 Å². The van der Waals surface area contributed by atoms with E-state index in [4.69, 9.17) is 4.99 Å². The van der Waals surface area contributed by atoms with Gasteiger partial charge in [-0.3, -0.25) is 4.99 Å². The van der Waals surface area contributed by atoms with E-state index in [1.54, 1.807) is 6.07 Å². The van der Waals surface area contributed by atoms with E-state index in [9.17, 15) is 4.39 Å². The molecule has 2 heterocycles. The van der Waals surface area contributed by atoms with Crippen LogP contribution in [0.5, 0.6) is 0 Å². The fourth-order valence-electron chi connectivity index (χ4n) is 3.54. The Bertz CT molecular complexity index is 762. The van der Waals surface area contributed by atoms with E-state index in [0.717, 1.165) is 36.5 Å². The van der Waals surface area contributed by atoms with Crippen molar-refractivity contribution in [2.45, 2.75) is 32.7 Å². The number of hydrogen-bond donors (Lipinski definition) is 1. The molecule has 0 saturated carbocycles. The molecule has 1 aliphatic heterocycles. The third kappa shape index (κ3) is 5.09. The number of aliphatic imine (C=N–C) groups is 1. The first-order chi connectivity index (χ1) is 13.1. The molecule has 0 spiro atoms. The van der Waals surface area contributed by atoms with E-state index < -0.39 is 0 Å². The minimum atomic E-state index is -0.176. The molecule has 2 atom stereocenters. The molecule has 0 radical (unpaired) electrons. The summed E-state index contributed by atoms with van der Waals surface area (Å²) in [5.41, 5.74) is 0.688. The number of halogens is 2. The van der Waals surface area contributed by atoms with Crippen LogP contribution in [0.15, 0.2) is 46.4 Å². The van der Waals surface area contributed by atoms with Crippen molar-refractivity contribution in [2.75, 3.05) is 26.2 Å². The van der Waals surface area contributed by atoms with Crippen LogP contribution in [0.4, 0.5) is 4.39 Å². The number of rotatable bonds is 5. The summed E-state index contributed by atoms with van der Waals surface area (Å²) in [6, 6.07) is 5.43. The number of aromatic nitrogens is 2. The maximum Gasteiger partial charge on any atom is 0.193 e. The Kier molecular flexibility index (Phi) is 6.88. The molecule has 1 aliphatic rings. The Morgan fingerprint density at radius 3 is 3.04 bits per heavy atom. The number of imidazole rings is 1. The number of nitrogens with one attached hydrogen (secondary N) is 1. The van der Waals surface area contributed by atoms with Gasteiger partial charge in [-0.1, -0.05) is 22.9 Å². The smallest absolute Gasteiger partial charge is 0.193 e. The van der Waals surface area contributed by atoms with E-state index in [1.807, 2.05) is 24.8 Å². The zero-order valence-corrected chi connectivity index (χ0v) is 17.5. The van der Waals surface area contributed by atoms with Crippen molar-refractivity contribution in [1.82, 2.24) is 19.8 Å². The molecule has 27 heavy (non-hydrogen) atoms. The molecule has 1 aromatic heterocycles. The van der Waals surface area contributed by atoms with Crippen molar-refractivity contribution in [2.24, 2.45) is 10.9 Å². The molecule has 1 fully saturated rings. The third-order valence-electron chi connectivity index (χ3n) is 5.11. The minimum absolute atomic E-state index is 0.176. The van der Waals surface area contributed by atoms with Gasteiger partial charge in [0, 0.05) is 43.0 Å². The van der Waals surface area contributed by atoms with Gasteiger partial charge in [-0.15, -0.1) is 0 Å². The highest BCUT2D eigenvalue weighted by molar-refractivity contribution is 9.10. The topological polar surface area (TPSA) is 45.5 Å². The number of piperidine rings is 1. The summed E-state index contributed by atoms with van der Waals surface area (Å²) in [5, 5.41) is 3.39. The van der Waals surface area contributed by atoms with Crippen LogP contribution in [0.1, 0.15) is 31.9 Å². The van der Waals surface area contributed by atoms with E-state index in [2.05, 4.69) is 49.5 Å². The molecule has 1 aromatic carbocycles. The lowest BCUT2D eigenvalue weighted by Gasteiger charge is -2.39. The maximum atomic E-state index is 13.9. The van der Waals surface area contributed by atoms with Gasteiger partial charge in [0.25, 0.3) is 0 Å². The van der Waals surface area contributed by atoms with Crippen LogP contribution < -0.4 is 5.32 Å². The van der Waals surface area contributed by atoms with Crippen molar-refractivity contribution in [3.63, 3.8) is 0 Å². The van der Waals surface area contributed by atoms with Gasteiger partial charge in [-0.05, 0) is 49.4 Å². The molecule has 1 N–H and O–H groups in total. The lowest BCUT2D eigenvalue weighted by Crippen LogP contribution is -2.49. The molecule has 0 aliphatic carbocycles. The lowest BCUT2D eigenvalue weighted by atomic mass is 9.93. The van der Waals surface area contributed by atoms with Crippen LogP contribution in [0.3, 0.4) is 0 Å². The molecule has 5 nitrogen and oxygen atoms in total. The number of nitrogens with zero attached hydrogens (tertiary/aromatic N) is 4. The van der Waals surface area contributed by atoms with Gasteiger partial charge in [0.05, 0.1) is 12.4 Å². The highest BCUT2D eigenvalue weighted by Crippen LogP contribution is 2.27. The quantitative estimate of drug-likeness (QED) is 0.572. The van der Waals surface area contributed by atoms with Crippen molar-refractivity contribution in [3.8, 4) is 0 Å². The minimum Gasteiger partial charge on any atom is -0.357 e. The molecule has 1 saturated heterocycles. The Hall–Kier alpha value is -1.89. The average Bonchev–Trinajstić information content (AvgIpc) is 3.19. The van der Waals surface area contributed by atoms with Gasteiger partial charge in [0.2, 0.25) is 0 Å². The summed E-state index contributed by atoms with van der Waals surface area (Å²) in [6.07, 6.45) is 7.44. The molecular formula is C20H27BrFN5. The number of benzene rings is 1. The van der Waals surface area contributed by atoms with Crippen molar-refractivity contribution >= 4 is 21.9 Å². The predicted molar refractivity (Wildman–Crippen MR) is 110 cm³/mol. The zero-order valence-electron chi connectivity index (χ0n) is 15.9. The van der Waals surface area contributed by atoms with E-state index >= 15 is 0 Å². The van der Waals surface area contributed by atoms with Gasteiger partial charge in [-0.2, -0.15) is 0 Å². The number of guanidine groups is 1. The summed E-state index contributed by atoms with van der Waals surface area (Å²) < 4.78 is 17.0. The van der Waals surface area contributed by atoms with Crippen LogP contribution in [-0.2, 0) is 6.42 Å². The molecular weight excluding hydrogens is 409 g/mol. The second-order valence-electron chi connectivity index (χ2n) is 7.01. The standard InChI is InChI=1S/C20H27BrFN5/c1-3-24-20(25-8-6-16-12-17(21)4-5-18(16)22)26-10-7-15(2)19(13-26)27-11-9-23-14-27/h4-5,9,11-12,14-15,19H,3,6-8,10,13H2,1-2H3,(H,24,25). The van der Waals surface area contributed by atoms with Crippen molar-refractivity contribution in [3.05, 3.63) is 52.8 Å². The highest BCUT2D eigenvalue weighted by atomic mass is 79.9. The Balaban J connectivity index is 1.68. The lowest BCUT2D eigenvalue weighted by molar-refractivity contribution is 0.189. The van der Waals surface area contributed by atoms with Crippen LogP contribution in [0, 0.1) is 11.7 Å². The molecule has 3 rings (SSSR count). The highest BCUT2D eigenvalue weighted by Gasteiger charge is 2.28. The summed E-state index contributed by atoms with van der Waals surface area (Å²) in [6.45, 7) is 7.60. The van der Waals surface area contributed by atoms with Gasteiger partial charge < -0.3 is 14.8 Å². The Labute approximate surface area is 168 Å². The van der Waals surface area contributed by atoms with Crippen LogP contribution in [0.2, 0.25) is 0 Å². The molecule has 2 aromatic rings. The normalized spacial score (nSPS) is 20.7. The summed E-state index contributed by atoms with van der Waals surface area (Å²) >= 11 is 3.41. The summed E-state index contributed by atoms with van der Waals surface area (Å²) in [4.78, 5) is 11.3. The fourth-order valence-corrected chi connectivity index (χ4v) is 3.95. The monoisotopic (exact) mass is 435 g/mol. The number of likely N-dealkylation sites (tertiary alicyclic amines) is 1. The van der Waals surface area contributed by atoms with Gasteiger partial charge in [0.1, 0.15) is 5.82 Å². The molecule has 146 valence electrons. The van der Waals surface area contributed by atoms with Crippen molar-refractivity contribution < 1.29 is 4.39 Å². The van der Waals surface area contributed by atoms with Crippen LogP contribution in [0.25, 0.3) is 0 Å². The second-order valence-corrected chi connectivity index (χ2v) is 7.93. The number of hydrogen-bond acceptors (Lipinski definition) is 2.